The number of nitrogen functional groups attached to an aromatic ring is 1. The number of aromatic nitrogens is 2. The molecule has 0 aromatic carbocycles. The third kappa shape index (κ3) is 3.54. The van der Waals surface area contributed by atoms with Gasteiger partial charge in [-0.15, -0.1) is 0 Å². The lowest BCUT2D eigenvalue weighted by Gasteiger charge is -2.15. The molecule has 0 saturated heterocycles. The van der Waals surface area contributed by atoms with Gasteiger partial charge in [0.1, 0.15) is 11.6 Å². The molecule has 1 aromatic heterocycles. The maximum Gasteiger partial charge on any atom is 0.223 e. The molecule has 0 aliphatic rings. The van der Waals surface area contributed by atoms with Crippen molar-refractivity contribution in [2.45, 2.75) is 26.3 Å². The molecule has 1 unspecified atom stereocenters. The van der Waals surface area contributed by atoms with Crippen molar-refractivity contribution in [2.24, 2.45) is 0 Å². The van der Waals surface area contributed by atoms with Crippen LogP contribution in [-0.2, 0) is 0 Å². The van der Waals surface area contributed by atoms with Gasteiger partial charge in [0.05, 0.1) is 12.6 Å². The first-order valence-electron chi connectivity index (χ1n) is 5.45. The van der Waals surface area contributed by atoms with Crippen molar-refractivity contribution in [3.05, 3.63) is 6.07 Å². The average Bonchev–Trinajstić information content (AvgIpc) is 2.25. The van der Waals surface area contributed by atoms with Crippen molar-refractivity contribution in [2.75, 3.05) is 29.5 Å². The largest absolute Gasteiger partial charge is 0.394 e. The molecule has 0 aliphatic heterocycles. The zero-order chi connectivity index (χ0) is 12.0. The van der Waals surface area contributed by atoms with Gasteiger partial charge in [0.2, 0.25) is 5.95 Å². The standard InChI is InChI=1S/C10H19N5O/c1-3-7(6-16)13-9-5-8(12-4-2)14-10(11)15-9/h5,7,16H,3-4,6H2,1-2H3,(H4,11,12,13,14,15). The van der Waals surface area contributed by atoms with E-state index in [9.17, 15) is 0 Å². The maximum absolute atomic E-state index is 9.08. The Labute approximate surface area is 95.3 Å². The fraction of sp³-hybridized carbons (Fsp3) is 0.600. The Morgan fingerprint density at radius 1 is 1.38 bits per heavy atom. The molecule has 0 fully saturated rings. The fourth-order valence-corrected chi connectivity index (χ4v) is 1.30. The van der Waals surface area contributed by atoms with E-state index in [1.807, 2.05) is 13.8 Å². The monoisotopic (exact) mass is 225 g/mol. The van der Waals surface area contributed by atoms with Crippen LogP contribution in [0.1, 0.15) is 20.3 Å². The van der Waals surface area contributed by atoms with Crippen LogP contribution in [0.3, 0.4) is 0 Å². The first kappa shape index (κ1) is 12.5. The molecule has 0 spiro atoms. The second-order valence-corrected chi connectivity index (χ2v) is 3.46. The van der Waals surface area contributed by atoms with Crippen LogP contribution >= 0.6 is 0 Å². The lowest BCUT2D eigenvalue weighted by molar-refractivity contribution is 0.271. The molecule has 1 heterocycles. The van der Waals surface area contributed by atoms with Gasteiger partial charge in [0.15, 0.2) is 0 Å². The Morgan fingerprint density at radius 3 is 2.62 bits per heavy atom. The summed E-state index contributed by atoms with van der Waals surface area (Å²) in [4.78, 5) is 8.09. The quantitative estimate of drug-likeness (QED) is 0.568. The average molecular weight is 225 g/mol. The van der Waals surface area contributed by atoms with Gasteiger partial charge in [-0.2, -0.15) is 9.97 Å². The van der Waals surface area contributed by atoms with Crippen LogP contribution in [0.5, 0.6) is 0 Å². The predicted molar refractivity (Wildman–Crippen MR) is 65.4 cm³/mol. The van der Waals surface area contributed by atoms with Crippen LogP contribution in [0.2, 0.25) is 0 Å². The van der Waals surface area contributed by atoms with Crippen LogP contribution in [-0.4, -0.2) is 34.3 Å². The summed E-state index contributed by atoms with van der Waals surface area (Å²) in [5.74, 6) is 1.53. The molecule has 16 heavy (non-hydrogen) atoms. The third-order valence-corrected chi connectivity index (χ3v) is 2.17. The summed E-state index contributed by atoms with van der Waals surface area (Å²) in [5, 5.41) is 15.2. The number of nitrogens with two attached hydrogens (primary N) is 1. The van der Waals surface area contributed by atoms with Crippen molar-refractivity contribution < 1.29 is 5.11 Å². The highest BCUT2D eigenvalue weighted by Crippen LogP contribution is 2.13. The number of aliphatic hydroxyl groups is 1. The second kappa shape index (κ2) is 6.12. The van der Waals surface area contributed by atoms with Crippen molar-refractivity contribution in [1.82, 2.24) is 9.97 Å². The van der Waals surface area contributed by atoms with E-state index in [2.05, 4.69) is 20.6 Å². The van der Waals surface area contributed by atoms with Crippen LogP contribution in [0.15, 0.2) is 6.07 Å². The normalized spacial score (nSPS) is 12.2. The summed E-state index contributed by atoms with van der Waals surface area (Å²) >= 11 is 0. The lowest BCUT2D eigenvalue weighted by atomic mass is 10.2. The number of anilines is 3. The maximum atomic E-state index is 9.08. The molecular weight excluding hydrogens is 206 g/mol. The van der Waals surface area contributed by atoms with Gasteiger partial charge in [-0.3, -0.25) is 0 Å². The minimum absolute atomic E-state index is 0.0104. The highest BCUT2D eigenvalue weighted by Gasteiger charge is 2.07. The van der Waals surface area contributed by atoms with E-state index < -0.39 is 0 Å². The number of nitrogens with zero attached hydrogens (tertiary/aromatic N) is 2. The Balaban J connectivity index is 2.78. The van der Waals surface area contributed by atoms with Gasteiger partial charge < -0.3 is 21.5 Å². The van der Waals surface area contributed by atoms with Crippen LogP contribution < -0.4 is 16.4 Å². The number of aliphatic hydroxyl groups excluding tert-OH is 1. The summed E-state index contributed by atoms with van der Waals surface area (Å²) in [6, 6.07) is 1.77. The van der Waals surface area contributed by atoms with E-state index in [0.29, 0.717) is 11.6 Å². The van der Waals surface area contributed by atoms with E-state index >= 15 is 0 Å². The third-order valence-electron chi connectivity index (χ3n) is 2.17. The summed E-state index contributed by atoms with van der Waals surface area (Å²) in [6.45, 7) is 4.81. The van der Waals surface area contributed by atoms with Crippen LogP contribution in [0, 0.1) is 0 Å². The van der Waals surface area contributed by atoms with Crippen LogP contribution in [0.4, 0.5) is 17.6 Å². The first-order chi connectivity index (χ1) is 7.69. The lowest BCUT2D eigenvalue weighted by Crippen LogP contribution is -2.23. The molecule has 0 aliphatic carbocycles. The highest BCUT2D eigenvalue weighted by atomic mass is 16.3. The molecule has 1 rings (SSSR count). The van der Waals surface area contributed by atoms with Gasteiger partial charge in [-0.25, -0.2) is 0 Å². The van der Waals surface area contributed by atoms with E-state index in [0.717, 1.165) is 13.0 Å². The van der Waals surface area contributed by atoms with E-state index in [4.69, 9.17) is 10.8 Å². The molecule has 0 amide bonds. The first-order valence-corrected chi connectivity index (χ1v) is 5.45. The molecule has 90 valence electrons. The topological polar surface area (TPSA) is 96.1 Å². The number of hydrogen-bond donors (Lipinski definition) is 4. The molecule has 5 N–H and O–H groups in total. The number of rotatable bonds is 6. The molecular formula is C10H19N5O. The van der Waals surface area contributed by atoms with Crippen molar-refractivity contribution in [3.8, 4) is 0 Å². The fourth-order valence-electron chi connectivity index (χ4n) is 1.30. The van der Waals surface area contributed by atoms with Gasteiger partial charge in [0.25, 0.3) is 0 Å². The zero-order valence-electron chi connectivity index (χ0n) is 9.70. The SMILES string of the molecule is CCNc1cc(NC(CC)CO)nc(N)n1. The Hall–Kier alpha value is -1.56. The molecule has 6 heteroatoms. The summed E-state index contributed by atoms with van der Waals surface area (Å²) in [5.41, 5.74) is 5.58. The van der Waals surface area contributed by atoms with E-state index in [1.54, 1.807) is 6.07 Å². The number of nitrogens with one attached hydrogen (secondary N) is 2. The minimum Gasteiger partial charge on any atom is -0.394 e. The van der Waals surface area contributed by atoms with Gasteiger partial charge in [0, 0.05) is 12.6 Å². The molecule has 6 nitrogen and oxygen atoms in total. The Morgan fingerprint density at radius 2 is 2.06 bits per heavy atom. The summed E-state index contributed by atoms with van der Waals surface area (Å²) in [7, 11) is 0. The van der Waals surface area contributed by atoms with Gasteiger partial charge in [-0.1, -0.05) is 6.92 Å². The molecule has 0 radical (unpaired) electrons. The van der Waals surface area contributed by atoms with Crippen molar-refractivity contribution in [1.29, 1.82) is 0 Å². The molecule has 1 atom stereocenters. The summed E-state index contributed by atoms with van der Waals surface area (Å²) < 4.78 is 0. The van der Waals surface area contributed by atoms with Crippen LogP contribution in [0.25, 0.3) is 0 Å². The Bertz CT molecular complexity index is 327. The van der Waals surface area contributed by atoms with Gasteiger partial charge >= 0.3 is 0 Å². The van der Waals surface area contributed by atoms with Gasteiger partial charge in [-0.05, 0) is 13.3 Å². The smallest absolute Gasteiger partial charge is 0.223 e. The molecule has 0 saturated carbocycles. The second-order valence-electron chi connectivity index (χ2n) is 3.46. The predicted octanol–water partition coefficient (Wildman–Crippen LogP) is 0.673. The van der Waals surface area contributed by atoms with Crippen molar-refractivity contribution >= 4 is 17.6 Å². The van der Waals surface area contributed by atoms with Crippen molar-refractivity contribution in [3.63, 3.8) is 0 Å². The molecule has 0 bridgehead atoms. The molecule has 1 aromatic rings. The van der Waals surface area contributed by atoms with E-state index in [-0.39, 0.29) is 18.6 Å². The Kier molecular flexibility index (Phi) is 4.78. The summed E-state index contributed by atoms with van der Waals surface area (Å²) in [6.07, 6.45) is 0.816. The number of hydrogen-bond acceptors (Lipinski definition) is 6. The highest BCUT2D eigenvalue weighted by molar-refractivity contribution is 5.51. The van der Waals surface area contributed by atoms with E-state index in [1.165, 1.54) is 0 Å². The zero-order valence-corrected chi connectivity index (χ0v) is 9.70. The minimum atomic E-state index is -0.0104.